The van der Waals surface area contributed by atoms with E-state index in [0.29, 0.717) is 0 Å². The van der Waals surface area contributed by atoms with E-state index in [9.17, 15) is 0 Å². The van der Waals surface area contributed by atoms with E-state index in [4.69, 9.17) is 0 Å². The van der Waals surface area contributed by atoms with Crippen molar-refractivity contribution >= 4 is 19.9 Å². The Morgan fingerprint density at radius 2 is 0.720 bits per heavy atom. The van der Waals surface area contributed by atoms with Gasteiger partial charge in [0.25, 0.3) is 0 Å². The van der Waals surface area contributed by atoms with Crippen molar-refractivity contribution in [1.29, 1.82) is 0 Å². The molecule has 0 atom stereocenters. The summed E-state index contributed by atoms with van der Waals surface area (Å²) in [5.74, 6) is 0. The fourth-order valence-electron chi connectivity index (χ4n) is 3.35. The highest BCUT2D eigenvalue weighted by molar-refractivity contribution is 6.70. The zero-order valence-corrected chi connectivity index (χ0v) is 15.5. The molecule has 4 aromatic carbocycles. The van der Waals surface area contributed by atoms with Gasteiger partial charge in [0.15, 0.2) is 0 Å². The highest BCUT2D eigenvalue weighted by atomic mass is 28.2. The van der Waals surface area contributed by atoms with Crippen molar-refractivity contribution in [2.24, 2.45) is 0 Å². The van der Waals surface area contributed by atoms with Crippen molar-refractivity contribution in [1.82, 2.24) is 0 Å². The van der Waals surface area contributed by atoms with E-state index < -0.39 is 9.52 Å². The number of rotatable bonds is 4. The standard InChI is InChI=1S/C24H20Si/c1-3-11-19(12-4-1)21-15-7-9-17-23(21)25-24-18-10-8-16-22(24)20-13-5-2-6-14-20/h1-18H,25H2. The number of hydrogen-bond donors (Lipinski definition) is 0. The Morgan fingerprint density at radius 3 is 1.16 bits per heavy atom. The summed E-state index contributed by atoms with van der Waals surface area (Å²) in [5.41, 5.74) is 5.36. The van der Waals surface area contributed by atoms with Crippen LogP contribution in [0, 0.1) is 0 Å². The van der Waals surface area contributed by atoms with E-state index >= 15 is 0 Å². The minimum Gasteiger partial charge on any atom is -0.0627 e. The van der Waals surface area contributed by atoms with Crippen molar-refractivity contribution in [3.63, 3.8) is 0 Å². The summed E-state index contributed by atoms with van der Waals surface area (Å²) in [6, 6.07) is 39.2. The molecule has 0 amide bonds. The highest BCUT2D eigenvalue weighted by Gasteiger charge is 2.09. The van der Waals surface area contributed by atoms with Gasteiger partial charge in [0.1, 0.15) is 0 Å². The van der Waals surface area contributed by atoms with Crippen LogP contribution in [0.5, 0.6) is 0 Å². The fraction of sp³-hybridized carbons (Fsp3) is 0. The molecule has 0 bridgehead atoms. The third kappa shape index (κ3) is 3.47. The second-order valence-corrected chi connectivity index (χ2v) is 8.10. The summed E-state index contributed by atoms with van der Waals surface area (Å²) in [6.07, 6.45) is 0. The Labute approximate surface area is 151 Å². The Morgan fingerprint density at radius 1 is 0.360 bits per heavy atom. The lowest BCUT2D eigenvalue weighted by Crippen LogP contribution is -2.30. The van der Waals surface area contributed by atoms with Gasteiger partial charge < -0.3 is 0 Å². The quantitative estimate of drug-likeness (QED) is 0.491. The van der Waals surface area contributed by atoms with Gasteiger partial charge in [-0.25, -0.2) is 0 Å². The van der Waals surface area contributed by atoms with Crippen molar-refractivity contribution < 1.29 is 0 Å². The summed E-state index contributed by atoms with van der Waals surface area (Å²) in [7, 11) is -0.580. The van der Waals surface area contributed by atoms with Gasteiger partial charge >= 0.3 is 0 Å². The third-order valence-electron chi connectivity index (χ3n) is 4.59. The zero-order valence-electron chi connectivity index (χ0n) is 14.1. The van der Waals surface area contributed by atoms with Gasteiger partial charge in [-0.1, -0.05) is 120 Å². The van der Waals surface area contributed by atoms with Gasteiger partial charge in [0.05, 0.1) is 9.52 Å². The van der Waals surface area contributed by atoms with Crippen LogP contribution in [0.3, 0.4) is 0 Å². The lowest BCUT2D eigenvalue weighted by Gasteiger charge is -2.13. The monoisotopic (exact) mass is 336 g/mol. The van der Waals surface area contributed by atoms with E-state index in [0.717, 1.165) is 0 Å². The molecule has 1 heteroatoms. The van der Waals surface area contributed by atoms with E-state index in [2.05, 4.69) is 109 Å². The lowest BCUT2D eigenvalue weighted by atomic mass is 10.1. The molecule has 0 saturated carbocycles. The second-order valence-electron chi connectivity index (χ2n) is 6.22. The molecule has 0 nitrogen and oxygen atoms in total. The summed E-state index contributed by atoms with van der Waals surface area (Å²) < 4.78 is 0. The molecule has 0 spiro atoms. The SMILES string of the molecule is c1ccc(-c2ccccc2[SiH2]c2ccccc2-c2ccccc2)cc1. The van der Waals surface area contributed by atoms with Crippen LogP contribution in [0.25, 0.3) is 22.3 Å². The zero-order chi connectivity index (χ0) is 16.9. The number of benzene rings is 4. The van der Waals surface area contributed by atoms with Gasteiger partial charge in [-0.2, -0.15) is 0 Å². The van der Waals surface area contributed by atoms with Gasteiger partial charge in [-0.05, 0) is 22.3 Å². The van der Waals surface area contributed by atoms with Crippen LogP contribution in [-0.2, 0) is 0 Å². The Kier molecular flexibility index (Phi) is 4.58. The van der Waals surface area contributed by atoms with Crippen molar-refractivity contribution in [3.05, 3.63) is 109 Å². The predicted molar refractivity (Wildman–Crippen MR) is 112 cm³/mol. The Bertz CT molecular complexity index is 878. The second kappa shape index (κ2) is 7.33. The van der Waals surface area contributed by atoms with Crippen LogP contribution in [0.2, 0.25) is 0 Å². The van der Waals surface area contributed by atoms with Crippen molar-refractivity contribution in [3.8, 4) is 22.3 Å². The normalized spacial score (nSPS) is 10.6. The lowest BCUT2D eigenvalue weighted by molar-refractivity contribution is 1.64. The van der Waals surface area contributed by atoms with Crippen LogP contribution in [-0.4, -0.2) is 9.52 Å². The highest BCUT2D eigenvalue weighted by Crippen LogP contribution is 2.18. The van der Waals surface area contributed by atoms with Crippen LogP contribution < -0.4 is 10.4 Å². The maximum atomic E-state index is 2.30. The van der Waals surface area contributed by atoms with Gasteiger partial charge in [-0.3, -0.25) is 0 Å². The molecular weight excluding hydrogens is 316 g/mol. The van der Waals surface area contributed by atoms with Crippen LogP contribution in [0.4, 0.5) is 0 Å². The minimum atomic E-state index is -0.580. The molecule has 0 unspecified atom stereocenters. The predicted octanol–water partition coefficient (Wildman–Crippen LogP) is 4.14. The summed E-state index contributed by atoms with van der Waals surface area (Å²) >= 11 is 0. The average Bonchev–Trinajstić information content (AvgIpc) is 2.70. The van der Waals surface area contributed by atoms with Gasteiger partial charge in [0, 0.05) is 0 Å². The molecule has 0 aromatic heterocycles. The van der Waals surface area contributed by atoms with E-state index in [-0.39, 0.29) is 0 Å². The van der Waals surface area contributed by atoms with E-state index in [1.54, 1.807) is 0 Å². The molecule has 0 aliphatic heterocycles. The first-order chi connectivity index (χ1) is 12.4. The number of hydrogen-bond acceptors (Lipinski definition) is 0. The summed E-state index contributed by atoms with van der Waals surface area (Å²) in [5, 5.41) is 2.99. The van der Waals surface area contributed by atoms with Gasteiger partial charge in [-0.15, -0.1) is 0 Å². The molecule has 0 heterocycles. The molecular formula is C24H20Si. The van der Waals surface area contributed by atoms with Gasteiger partial charge in [0.2, 0.25) is 0 Å². The van der Waals surface area contributed by atoms with Crippen molar-refractivity contribution in [2.45, 2.75) is 0 Å². The largest absolute Gasteiger partial charge is 0.0891 e. The molecule has 0 N–H and O–H groups in total. The first-order valence-corrected chi connectivity index (χ1v) is 10.1. The van der Waals surface area contributed by atoms with E-state index in [1.807, 2.05) is 0 Å². The molecule has 0 radical (unpaired) electrons. The molecule has 120 valence electrons. The third-order valence-corrected chi connectivity index (χ3v) is 6.58. The van der Waals surface area contributed by atoms with Crippen LogP contribution in [0.1, 0.15) is 0 Å². The fourth-order valence-corrected chi connectivity index (χ4v) is 5.30. The van der Waals surface area contributed by atoms with E-state index in [1.165, 1.54) is 32.6 Å². The molecule has 4 aromatic rings. The topological polar surface area (TPSA) is 0 Å². The summed E-state index contributed by atoms with van der Waals surface area (Å²) in [4.78, 5) is 0. The minimum absolute atomic E-state index is 0.580. The molecule has 0 aliphatic carbocycles. The molecule has 0 fully saturated rings. The average molecular weight is 337 g/mol. The van der Waals surface area contributed by atoms with Crippen molar-refractivity contribution in [2.75, 3.05) is 0 Å². The maximum Gasteiger partial charge on any atom is 0.0891 e. The molecule has 0 saturated heterocycles. The molecule has 4 rings (SSSR count). The Balaban J connectivity index is 1.76. The smallest absolute Gasteiger partial charge is 0.0627 e. The first kappa shape index (κ1) is 15.6. The van der Waals surface area contributed by atoms with Crippen LogP contribution >= 0.6 is 0 Å². The molecule has 0 aliphatic rings. The maximum absolute atomic E-state index is 2.30. The first-order valence-electron chi connectivity index (χ1n) is 8.68. The molecule has 25 heavy (non-hydrogen) atoms. The summed E-state index contributed by atoms with van der Waals surface area (Å²) in [6.45, 7) is 0. The van der Waals surface area contributed by atoms with Crippen LogP contribution in [0.15, 0.2) is 109 Å². The Hall–Kier alpha value is -2.90.